The van der Waals surface area contributed by atoms with Gasteiger partial charge in [-0.05, 0) is 25.3 Å². The number of carbonyl (C=O) groups excluding carboxylic acids is 3. The van der Waals surface area contributed by atoms with Crippen LogP contribution in [0.3, 0.4) is 0 Å². The van der Waals surface area contributed by atoms with Crippen molar-refractivity contribution in [2.75, 3.05) is 7.11 Å². The van der Waals surface area contributed by atoms with Gasteiger partial charge in [-0.3, -0.25) is 9.59 Å². The second-order valence-electron chi connectivity index (χ2n) is 12.8. The molecule has 11 heteroatoms. The number of aliphatic hydroxyl groups is 5. The predicted molar refractivity (Wildman–Crippen MR) is 125 cm³/mol. The van der Waals surface area contributed by atoms with Gasteiger partial charge in [0.2, 0.25) is 0 Å². The van der Waals surface area contributed by atoms with Crippen LogP contribution in [0.15, 0.2) is 23.0 Å². The molecule has 6 rings (SSSR count). The number of hydrogen-bond acceptors (Lipinski definition) is 11. The average Bonchev–Trinajstić information content (AvgIpc) is 3.49. The van der Waals surface area contributed by atoms with Gasteiger partial charge in [0.15, 0.2) is 6.10 Å². The van der Waals surface area contributed by atoms with Crippen molar-refractivity contribution in [3.05, 3.63) is 24.2 Å². The molecule has 5 fully saturated rings. The van der Waals surface area contributed by atoms with Crippen molar-refractivity contribution in [2.24, 2.45) is 34.0 Å². The Morgan fingerprint density at radius 1 is 1.18 bits per heavy atom. The Morgan fingerprint density at radius 2 is 1.87 bits per heavy atom. The smallest absolute Gasteiger partial charge is 0.335 e. The number of carbonyl (C=O) groups is 3. The van der Waals surface area contributed by atoms with E-state index in [9.17, 15) is 39.9 Å². The number of furan rings is 1. The number of cyclic esters (lactones) is 1. The number of esters is 2. The zero-order chi connectivity index (χ0) is 27.8. The average molecular weight is 535 g/mol. The monoisotopic (exact) mass is 534 g/mol. The molecule has 2 bridgehead atoms. The van der Waals surface area contributed by atoms with Gasteiger partial charge in [-0.1, -0.05) is 20.8 Å². The number of aliphatic hydroxyl groups excluding tert-OH is 2. The van der Waals surface area contributed by atoms with E-state index >= 15 is 0 Å². The summed E-state index contributed by atoms with van der Waals surface area (Å²) in [4.78, 5) is 39.4. The van der Waals surface area contributed by atoms with E-state index in [4.69, 9.17) is 13.9 Å². The second kappa shape index (κ2) is 7.25. The van der Waals surface area contributed by atoms with Crippen LogP contribution >= 0.6 is 0 Å². The van der Waals surface area contributed by atoms with Gasteiger partial charge < -0.3 is 39.4 Å². The molecule has 0 spiro atoms. The number of hydrogen-bond donors (Lipinski definition) is 5. The zero-order valence-electron chi connectivity index (χ0n) is 21.7. The van der Waals surface area contributed by atoms with Gasteiger partial charge in [-0.15, -0.1) is 0 Å². The first-order valence-electron chi connectivity index (χ1n) is 13.0. The summed E-state index contributed by atoms with van der Waals surface area (Å²) >= 11 is 0. The van der Waals surface area contributed by atoms with Crippen LogP contribution in [0, 0.1) is 34.0 Å². The molecule has 5 unspecified atom stereocenters. The van der Waals surface area contributed by atoms with Gasteiger partial charge in [0.05, 0.1) is 43.7 Å². The Kier molecular flexibility index (Phi) is 4.95. The Hall–Kier alpha value is -2.31. The fourth-order valence-electron chi connectivity index (χ4n) is 10.0. The molecule has 1 aliphatic heterocycles. The molecular formula is C27H34O11. The van der Waals surface area contributed by atoms with Gasteiger partial charge in [0.1, 0.15) is 23.1 Å². The molecule has 5 aliphatic rings. The summed E-state index contributed by atoms with van der Waals surface area (Å²) in [6, 6.07) is 1.59. The molecular weight excluding hydrogens is 500 g/mol. The fourth-order valence-corrected chi connectivity index (χ4v) is 10.0. The van der Waals surface area contributed by atoms with Gasteiger partial charge in [-0.2, -0.15) is 0 Å². The second-order valence-corrected chi connectivity index (χ2v) is 12.8. The number of ketones is 1. The maximum absolute atomic E-state index is 13.9. The molecule has 1 aromatic rings. The van der Waals surface area contributed by atoms with Crippen LogP contribution in [0.4, 0.5) is 0 Å². The van der Waals surface area contributed by atoms with Crippen LogP contribution in [0.5, 0.6) is 0 Å². The minimum Gasteiger partial charge on any atom is -0.472 e. The summed E-state index contributed by atoms with van der Waals surface area (Å²) in [7, 11) is 1.10. The van der Waals surface area contributed by atoms with Crippen molar-refractivity contribution in [1.82, 2.24) is 0 Å². The van der Waals surface area contributed by atoms with Crippen LogP contribution < -0.4 is 0 Å². The fraction of sp³-hybridized carbons (Fsp3) is 0.741. The molecule has 1 saturated heterocycles. The van der Waals surface area contributed by atoms with Crippen LogP contribution in [0.25, 0.3) is 0 Å². The first-order chi connectivity index (χ1) is 17.6. The van der Waals surface area contributed by atoms with E-state index in [1.807, 2.05) is 0 Å². The number of rotatable bonds is 3. The maximum atomic E-state index is 13.9. The number of ether oxygens (including phenoxy) is 2. The van der Waals surface area contributed by atoms with E-state index in [2.05, 4.69) is 0 Å². The van der Waals surface area contributed by atoms with Crippen molar-refractivity contribution in [3.8, 4) is 0 Å². The van der Waals surface area contributed by atoms with Crippen molar-refractivity contribution in [1.29, 1.82) is 0 Å². The van der Waals surface area contributed by atoms with Gasteiger partial charge in [0, 0.05) is 33.6 Å². The largest absolute Gasteiger partial charge is 0.472 e. The lowest BCUT2D eigenvalue weighted by Crippen LogP contribution is -2.86. The van der Waals surface area contributed by atoms with Gasteiger partial charge in [-0.25, -0.2) is 4.79 Å². The van der Waals surface area contributed by atoms with Gasteiger partial charge >= 0.3 is 11.9 Å². The highest BCUT2D eigenvalue weighted by molar-refractivity contribution is 5.95. The van der Waals surface area contributed by atoms with Crippen molar-refractivity contribution < 1.29 is 53.8 Å². The summed E-state index contributed by atoms with van der Waals surface area (Å²) in [5, 5.41) is 60.3. The first-order valence-corrected chi connectivity index (χ1v) is 13.0. The highest BCUT2D eigenvalue weighted by Crippen LogP contribution is 2.80. The lowest BCUT2D eigenvalue weighted by molar-refractivity contribution is -0.380. The Labute approximate surface area is 218 Å². The van der Waals surface area contributed by atoms with E-state index in [1.54, 1.807) is 26.8 Å². The summed E-state index contributed by atoms with van der Waals surface area (Å²) in [6.45, 7) is 4.80. The Balaban J connectivity index is 1.58. The van der Waals surface area contributed by atoms with Crippen LogP contribution in [-0.4, -0.2) is 79.4 Å². The molecule has 4 saturated carbocycles. The third kappa shape index (κ3) is 2.39. The minimum absolute atomic E-state index is 0.123. The minimum atomic E-state index is -2.48. The summed E-state index contributed by atoms with van der Waals surface area (Å²) in [5.74, 6) is -6.24. The first kappa shape index (κ1) is 25.9. The molecule has 12 atom stereocenters. The third-order valence-corrected chi connectivity index (χ3v) is 11.7. The van der Waals surface area contributed by atoms with Crippen LogP contribution in [0.2, 0.25) is 0 Å². The molecule has 0 amide bonds. The maximum Gasteiger partial charge on any atom is 0.335 e. The van der Waals surface area contributed by atoms with E-state index < -0.39 is 93.3 Å². The van der Waals surface area contributed by atoms with Crippen molar-refractivity contribution in [3.63, 3.8) is 0 Å². The van der Waals surface area contributed by atoms with E-state index in [1.165, 1.54) is 12.5 Å². The molecule has 38 heavy (non-hydrogen) atoms. The summed E-state index contributed by atoms with van der Waals surface area (Å²) in [5.41, 5.74) is -10.5. The molecule has 1 aromatic heterocycles. The van der Waals surface area contributed by atoms with E-state index in [-0.39, 0.29) is 19.3 Å². The molecule has 11 nitrogen and oxygen atoms in total. The van der Waals surface area contributed by atoms with Crippen LogP contribution in [0.1, 0.15) is 58.1 Å². The number of methoxy groups -OCH3 is 1. The highest BCUT2D eigenvalue weighted by Gasteiger charge is 2.90. The quantitative estimate of drug-likeness (QED) is 0.329. The van der Waals surface area contributed by atoms with Crippen LogP contribution in [-0.2, 0) is 23.9 Å². The molecule has 0 radical (unpaired) electrons. The molecule has 208 valence electrons. The third-order valence-electron chi connectivity index (χ3n) is 11.7. The molecule has 4 aliphatic carbocycles. The topological polar surface area (TPSA) is 184 Å². The molecule has 2 heterocycles. The molecule has 5 N–H and O–H groups in total. The summed E-state index contributed by atoms with van der Waals surface area (Å²) in [6.07, 6.45) is -2.50. The predicted octanol–water partition coefficient (Wildman–Crippen LogP) is 0.0170. The molecule has 0 aromatic carbocycles. The van der Waals surface area contributed by atoms with Gasteiger partial charge in [0.25, 0.3) is 0 Å². The Morgan fingerprint density at radius 3 is 2.47 bits per heavy atom. The zero-order valence-corrected chi connectivity index (χ0v) is 21.7. The lowest BCUT2D eigenvalue weighted by Gasteiger charge is -2.73. The highest BCUT2D eigenvalue weighted by atomic mass is 16.6. The van der Waals surface area contributed by atoms with E-state index in [0.29, 0.717) is 5.56 Å². The lowest BCUT2D eigenvalue weighted by atomic mass is 9.35. The Bertz CT molecular complexity index is 1230. The van der Waals surface area contributed by atoms with Crippen molar-refractivity contribution >= 4 is 17.7 Å². The summed E-state index contributed by atoms with van der Waals surface area (Å²) < 4.78 is 15.6. The van der Waals surface area contributed by atoms with E-state index in [0.717, 1.165) is 7.11 Å². The number of Topliss-reactive ketones (excluding diaryl/α,β-unsaturated/α-hetero) is 1. The van der Waals surface area contributed by atoms with Crippen molar-refractivity contribution in [2.45, 2.75) is 81.6 Å². The normalized spacial score (nSPS) is 53.7. The SMILES string of the molecule is COC(=O)C(O)[C@H]1C2(C)CC3(O)C(C2=O)C(O)[C@@]2(O)[C@H](CC[C@@]4(C)[C@H](c5ccoc5)OC(=O)C[C@@]42O)[C@]13C. The number of fused-ring (bicyclic) bond motifs is 5. The standard InChI is InChI=1S/C27H34O11/c1-22-11-25(33)15(18(22)30)19(31)27(35)13(24(25,3)17(22)16(29)21(32)36-4)5-7-23(2)20(12-6-8-37-10-12)38-14(28)9-26(23,27)34/h6,8,10,13,15-17,19-20,29,31,33-35H,5,7,9,11H2,1-4H3/t13-,15?,16?,17+,19?,20+,22?,23+,24-,25?,26-,27+/m1/s1.